The zero-order valence-electron chi connectivity index (χ0n) is 10.7. The number of aryl methyl sites for hydroxylation is 1. The Hall–Kier alpha value is -1.23. The van der Waals surface area contributed by atoms with Crippen molar-refractivity contribution in [1.82, 2.24) is 4.98 Å². The third-order valence-electron chi connectivity index (χ3n) is 2.84. The number of benzene rings is 1. The lowest BCUT2D eigenvalue weighted by Crippen LogP contribution is -2.02. The topological polar surface area (TPSA) is 48.1 Å². The van der Waals surface area contributed by atoms with E-state index in [1.165, 1.54) is 4.88 Å². The van der Waals surface area contributed by atoms with Crippen molar-refractivity contribution in [3.8, 4) is 0 Å². The highest BCUT2D eigenvalue weighted by Crippen LogP contribution is 2.30. The molecule has 2 N–H and O–H groups in total. The molecule has 0 saturated carbocycles. The Balaban J connectivity index is 2.31. The lowest BCUT2D eigenvalue weighted by Gasteiger charge is -2.12. The van der Waals surface area contributed by atoms with Gasteiger partial charge < -0.3 is 10.5 Å². The van der Waals surface area contributed by atoms with E-state index in [0.29, 0.717) is 6.54 Å². The number of aromatic nitrogens is 1. The van der Waals surface area contributed by atoms with Crippen LogP contribution in [-0.2, 0) is 11.2 Å². The smallest absolute Gasteiger partial charge is 0.134 e. The Kier molecular flexibility index (Phi) is 4.47. The molecule has 0 fully saturated rings. The van der Waals surface area contributed by atoms with E-state index in [9.17, 15) is 0 Å². The van der Waals surface area contributed by atoms with Crippen molar-refractivity contribution in [1.29, 1.82) is 0 Å². The third kappa shape index (κ3) is 2.77. The van der Waals surface area contributed by atoms with Gasteiger partial charge in [0.05, 0.1) is 5.69 Å². The quantitative estimate of drug-likeness (QED) is 0.901. The van der Waals surface area contributed by atoms with Gasteiger partial charge in [0.25, 0.3) is 0 Å². The van der Waals surface area contributed by atoms with Crippen LogP contribution in [0, 0.1) is 6.92 Å². The van der Waals surface area contributed by atoms with Gasteiger partial charge in [-0.2, -0.15) is 0 Å². The maximum atomic E-state index is 5.61. The van der Waals surface area contributed by atoms with Crippen molar-refractivity contribution < 1.29 is 4.74 Å². The number of hydrogen-bond donors (Lipinski definition) is 1. The molecule has 1 aromatic carbocycles. The first-order valence-corrected chi connectivity index (χ1v) is 6.82. The van der Waals surface area contributed by atoms with E-state index in [-0.39, 0.29) is 6.10 Å². The van der Waals surface area contributed by atoms with Gasteiger partial charge in [-0.05, 0) is 25.5 Å². The summed E-state index contributed by atoms with van der Waals surface area (Å²) in [4.78, 5) is 5.87. The fourth-order valence-electron chi connectivity index (χ4n) is 1.93. The molecule has 1 atom stereocenters. The summed E-state index contributed by atoms with van der Waals surface area (Å²) < 4.78 is 5.59. The summed E-state index contributed by atoms with van der Waals surface area (Å²) in [5.74, 6) is 0. The highest BCUT2D eigenvalue weighted by molar-refractivity contribution is 7.11. The van der Waals surface area contributed by atoms with Gasteiger partial charge in [-0.25, -0.2) is 4.98 Å². The van der Waals surface area contributed by atoms with Crippen LogP contribution in [0.4, 0.5) is 0 Å². The maximum absolute atomic E-state index is 5.61. The zero-order valence-corrected chi connectivity index (χ0v) is 11.5. The van der Waals surface area contributed by atoms with Crippen molar-refractivity contribution in [3.05, 3.63) is 51.5 Å². The van der Waals surface area contributed by atoms with Crippen molar-refractivity contribution in [2.24, 2.45) is 5.73 Å². The monoisotopic (exact) mass is 262 g/mol. The normalized spacial score (nSPS) is 12.6. The first kappa shape index (κ1) is 13.2. The molecular weight excluding hydrogens is 244 g/mol. The largest absolute Gasteiger partial charge is 0.370 e. The van der Waals surface area contributed by atoms with Gasteiger partial charge in [0.1, 0.15) is 11.1 Å². The van der Waals surface area contributed by atoms with Gasteiger partial charge in [0.2, 0.25) is 0 Å². The van der Waals surface area contributed by atoms with E-state index in [1.54, 1.807) is 18.4 Å². The molecule has 0 bridgehead atoms. The molecule has 0 amide bonds. The summed E-state index contributed by atoms with van der Waals surface area (Å²) in [6.45, 7) is 2.69. The van der Waals surface area contributed by atoms with Crippen LogP contribution in [0.5, 0.6) is 0 Å². The van der Waals surface area contributed by atoms with Crippen LogP contribution < -0.4 is 5.73 Å². The second-order valence-electron chi connectivity index (χ2n) is 4.13. The number of nitrogens with zero attached hydrogens (tertiary/aromatic N) is 1. The van der Waals surface area contributed by atoms with Gasteiger partial charge >= 0.3 is 0 Å². The summed E-state index contributed by atoms with van der Waals surface area (Å²) in [5, 5.41) is 1.00. The lowest BCUT2D eigenvalue weighted by atomic mass is 10.1. The first-order valence-electron chi connectivity index (χ1n) is 6.00. The molecule has 3 nitrogen and oxygen atoms in total. The Morgan fingerprint density at radius 1 is 1.33 bits per heavy atom. The van der Waals surface area contributed by atoms with E-state index < -0.39 is 0 Å². The molecule has 2 aromatic rings. The Morgan fingerprint density at radius 2 is 2.06 bits per heavy atom. The first-order chi connectivity index (χ1) is 8.76. The van der Waals surface area contributed by atoms with Gasteiger partial charge in [-0.3, -0.25) is 0 Å². The number of thiazole rings is 1. The van der Waals surface area contributed by atoms with Gasteiger partial charge in [-0.15, -0.1) is 11.3 Å². The fraction of sp³-hybridized carbons (Fsp3) is 0.357. The number of methoxy groups -OCH3 is 1. The predicted octanol–water partition coefficient (Wildman–Crippen LogP) is 2.69. The summed E-state index contributed by atoms with van der Waals surface area (Å²) in [6.07, 6.45) is 0.802. The molecular formula is C14H18N2OS. The average molecular weight is 262 g/mol. The van der Waals surface area contributed by atoms with E-state index in [1.807, 2.05) is 25.1 Å². The molecule has 1 aromatic heterocycles. The predicted molar refractivity (Wildman–Crippen MR) is 74.9 cm³/mol. The number of nitrogens with two attached hydrogens (primary N) is 1. The second kappa shape index (κ2) is 6.09. The van der Waals surface area contributed by atoms with E-state index >= 15 is 0 Å². The molecule has 96 valence electrons. The zero-order chi connectivity index (χ0) is 13.0. The molecule has 4 heteroatoms. The van der Waals surface area contributed by atoms with Crippen molar-refractivity contribution in [3.63, 3.8) is 0 Å². The van der Waals surface area contributed by atoms with Crippen LogP contribution >= 0.6 is 11.3 Å². The van der Waals surface area contributed by atoms with Gasteiger partial charge in [0, 0.05) is 12.0 Å². The van der Waals surface area contributed by atoms with Crippen molar-refractivity contribution in [2.75, 3.05) is 13.7 Å². The Bertz CT molecular complexity index is 496. The summed E-state index contributed by atoms with van der Waals surface area (Å²) in [6, 6.07) is 10.2. The second-order valence-corrected chi connectivity index (χ2v) is 5.24. The Morgan fingerprint density at radius 3 is 2.67 bits per heavy atom. The molecule has 2 rings (SSSR count). The average Bonchev–Trinajstić information content (AvgIpc) is 2.74. The number of ether oxygens (including phenoxy) is 1. The van der Waals surface area contributed by atoms with Crippen LogP contribution in [0.25, 0.3) is 0 Å². The van der Waals surface area contributed by atoms with E-state index in [0.717, 1.165) is 22.7 Å². The van der Waals surface area contributed by atoms with Crippen molar-refractivity contribution >= 4 is 11.3 Å². The fourth-order valence-corrected chi connectivity index (χ4v) is 3.12. The molecule has 1 unspecified atom stereocenters. The molecule has 0 aliphatic heterocycles. The maximum Gasteiger partial charge on any atom is 0.134 e. The summed E-state index contributed by atoms with van der Waals surface area (Å²) in [7, 11) is 1.72. The highest BCUT2D eigenvalue weighted by Gasteiger charge is 2.18. The highest BCUT2D eigenvalue weighted by atomic mass is 32.1. The molecule has 18 heavy (non-hydrogen) atoms. The molecule has 1 heterocycles. The molecule has 0 radical (unpaired) electrons. The third-order valence-corrected chi connectivity index (χ3v) is 4.10. The lowest BCUT2D eigenvalue weighted by molar-refractivity contribution is 0.136. The number of hydrogen-bond acceptors (Lipinski definition) is 4. The van der Waals surface area contributed by atoms with Gasteiger partial charge in [0.15, 0.2) is 0 Å². The SMILES string of the molecule is COC(c1ccccc1)c1nc(C)c(CCN)s1. The summed E-state index contributed by atoms with van der Waals surface area (Å²) >= 11 is 1.70. The number of rotatable bonds is 5. The molecule has 0 aliphatic rings. The standard InChI is InChI=1S/C14H18N2OS/c1-10-12(8-9-15)18-14(16-10)13(17-2)11-6-4-3-5-7-11/h3-7,13H,8-9,15H2,1-2H3. The molecule has 0 saturated heterocycles. The minimum Gasteiger partial charge on any atom is -0.370 e. The van der Waals surface area contributed by atoms with Crippen LogP contribution in [0.15, 0.2) is 30.3 Å². The van der Waals surface area contributed by atoms with Crippen LogP contribution in [0.3, 0.4) is 0 Å². The minimum atomic E-state index is -0.0820. The summed E-state index contributed by atoms with van der Waals surface area (Å²) in [5.41, 5.74) is 7.81. The van der Waals surface area contributed by atoms with Crippen LogP contribution in [-0.4, -0.2) is 18.6 Å². The molecule has 0 aliphatic carbocycles. The van der Waals surface area contributed by atoms with Crippen LogP contribution in [0.2, 0.25) is 0 Å². The van der Waals surface area contributed by atoms with Crippen LogP contribution in [0.1, 0.15) is 27.2 Å². The van der Waals surface area contributed by atoms with E-state index in [2.05, 4.69) is 17.1 Å². The van der Waals surface area contributed by atoms with Gasteiger partial charge in [-0.1, -0.05) is 30.3 Å². The molecule has 0 spiro atoms. The van der Waals surface area contributed by atoms with Crippen molar-refractivity contribution in [2.45, 2.75) is 19.4 Å². The Labute approximate surface area is 112 Å². The van der Waals surface area contributed by atoms with E-state index in [4.69, 9.17) is 10.5 Å². The minimum absolute atomic E-state index is 0.0820.